The number of amides is 1. The topological polar surface area (TPSA) is 58.9 Å². The molecule has 0 fully saturated rings. The van der Waals surface area contributed by atoms with Gasteiger partial charge in [0.25, 0.3) is 5.91 Å². The van der Waals surface area contributed by atoms with E-state index in [1.165, 1.54) is 0 Å². The molecule has 0 aliphatic rings. The molecule has 1 rings (SSSR count). The molecule has 0 unspecified atom stereocenters. The highest BCUT2D eigenvalue weighted by Crippen LogP contribution is 2.00. The first-order valence-electron chi connectivity index (χ1n) is 5.14. The Morgan fingerprint density at radius 2 is 2.19 bits per heavy atom. The Kier molecular flexibility index (Phi) is 6.76. The molecule has 0 spiro atoms. The summed E-state index contributed by atoms with van der Waals surface area (Å²) in [4.78, 5) is 11.6. The SMILES string of the molecule is CCNCCNC(=O)c1cc(C)nn1C.Cl. The molecule has 92 valence electrons. The maximum atomic E-state index is 11.6. The minimum atomic E-state index is -0.0731. The lowest BCUT2D eigenvalue weighted by Crippen LogP contribution is -2.32. The van der Waals surface area contributed by atoms with Gasteiger partial charge in [0, 0.05) is 20.1 Å². The second kappa shape index (κ2) is 7.24. The molecule has 16 heavy (non-hydrogen) atoms. The Hall–Kier alpha value is -1.07. The van der Waals surface area contributed by atoms with Crippen molar-refractivity contribution in [2.45, 2.75) is 13.8 Å². The van der Waals surface area contributed by atoms with Crippen LogP contribution in [0, 0.1) is 6.92 Å². The second-order valence-electron chi connectivity index (χ2n) is 3.40. The fourth-order valence-corrected chi connectivity index (χ4v) is 1.35. The summed E-state index contributed by atoms with van der Waals surface area (Å²) >= 11 is 0. The molecule has 6 heteroatoms. The summed E-state index contributed by atoms with van der Waals surface area (Å²) in [7, 11) is 1.77. The predicted molar refractivity (Wildman–Crippen MR) is 66.1 cm³/mol. The molecule has 0 saturated heterocycles. The van der Waals surface area contributed by atoms with Gasteiger partial charge in [-0.2, -0.15) is 5.10 Å². The van der Waals surface area contributed by atoms with Gasteiger partial charge in [-0.15, -0.1) is 12.4 Å². The van der Waals surface area contributed by atoms with E-state index in [0.717, 1.165) is 18.8 Å². The number of aryl methyl sites for hydroxylation is 2. The molecule has 0 saturated carbocycles. The van der Waals surface area contributed by atoms with E-state index in [1.807, 2.05) is 13.8 Å². The lowest BCUT2D eigenvalue weighted by molar-refractivity contribution is 0.0944. The maximum Gasteiger partial charge on any atom is 0.269 e. The van der Waals surface area contributed by atoms with Crippen molar-refractivity contribution < 1.29 is 4.79 Å². The largest absolute Gasteiger partial charge is 0.349 e. The first-order chi connectivity index (χ1) is 7.15. The van der Waals surface area contributed by atoms with E-state index in [2.05, 4.69) is 15.7 Å². The van der Waals surface area contributed by atoms with Crippen LogP contribution in [0.15, 0.2) is 6.07 Å². The fourth-order valence-electron chi connectivity index (χ4n) is 1.35. The lowest BCUT2D eigenvalue weighted by Gasteiger charge is -2.05. The summed E-state index contributed by atoms with van der Waals surface area (Å²) in [6, 6.07) is 1.78. The van der Waals surface area contributed by atoms with Crippen LogP contribution < -0.4 is 10.6 Å². The van der Waals surface area contributed by atoms with Gasteiger partial charge in [-0.1, -0.05) is 6.92 Å². The smallest absolute Gasteiger partial charge is 0.269 e. The zero-order valence-corrected chi connectivity index (χ0v) is 10.7. The highest BCUT2D eigenvalue weighted by molar-refractivity contribution is 5.92. The summed E-state index contributed by atoms with van der Waals surface area (Å²) in [5, 5.41) is 10.1. The minimum Gasteiger partial charge on any atom is -0.349 e. The molecule has 0 bridgehead atoms. The van der Waals surface area contributed by atoms with Crippen molar-refractivity contribution in [1.29, 1.82) is 0 Å². The first kappa shape index (κ1) is 14.9. The third-order valence-corrected chi connectivity index (χ3v) is 2.07. The monoisotopic (exact) mass is 246 g/mol. The molecule has 0 aliphatic heterocycles. The van der Waals surface area contributed by atoms with E-state index in [4.69, 9.17) is 0 Å². The number of nitrogens with one attached hydrogen (secondary N) is 2. The standard InChI is InChI=1S/C10H18N4O.ClH/c1-4-11-5-6-12-10(15)9-7-8(2)13-14(9)3;/h7,11H,4-6H2,1-3H3,(H,12,15);1H. The number of hydrogen-bond acceptors (Lipinski definition) is 3. The van der Waals surface area contributed by atoms with Crippen LogP contribution in [0.2, 0.25) is 0 Å². The summed E-state index contributed by atoms with van der Waals surface area (Å²) < 4.78 is 1.60. The summed E-state index contributed by atoms with van der Waals surface area (Å²) in [6.07, 6.45) is 0. The van der Waals surface area contributed by atoms with Gasteiger partial charge in [0.05, 0.1) is 5.69 Å². The predicted octanol–water partition coefficient (Wildman–Crippen LogP) is 0.490. The van der Waals surface area contributed by atoms with Gasteiger partial charge in [-0.25, -0.2) is 0 Å². The van der Waals surface area contributed by atoms with Crippen LogP contribution in [-0.4, -0.2) is 35.3 Å². The van der Waals surface area contributed by atoms with Gasteiger partial charge in [-0.05, 0) is 19.5 Å². The zero-order valence-electron chi connectivity index (χ0n) is 9.91. The Morgan fingerprint density at radius 3 is 2.69 bits per heavy atom. The normalized spacial score (nSPS) is 9.69. The van der Waals surface area contributed by atoms with Gasteiger partial charge in [0.15, 0.2) is 0 Å². The van der Waals surface area contributed by atoms with Crippen molar-refractivity contribution in [3.05, 3.63) is 17.5 Å². The second-order valence-corrected chi connectivity index (χ2v) is 3.40. The van der Waals surface area contributed by atoms with Crippen molar-refractivity contribution in [2.75, 3.05) is 19.6 Å². The third kappa shape index (κ3) is 4.20. The van der Waals surface area contributed by atoms with Gasteiger partial charge >= 0.3 is 0 Å². The highest BCUT2D eigenvalue weighted by Gasteiger charge is 2.10. The Balaban J connectivity index is 0.00000225. The number of halogens is 1. The molecule has 1 heterocycles. The number of hydrogen-bond donors (Lipinski definition) is 2. The van der Waals surface area contributed by atoms with E-state index < -0.39 is 0 Å². The lowest BCUT2D eigenvalue weighted by atomic mass is 10.3. The molecule has 1 amide bonds. The Morgan fingerprint density at radius 1 is 1.50 bits per heavy atom. The van der Waals surface area contributed by atoms with E-state index >= 15 is 0 Å². The molecular formula is C10H19ClN4O. The zero-order chi connectivity index (χ0) is 11.3. The van der Waals surface area contributed by atoms with Crippen LogP contribution in [0.5, 0.6) is 0 Å². The van der Waals surface area contributed by atoms with Crippen molar-refractivity contribution in [3.63, 3.8) is 0 Å². The van der Waals surface area contributed by atoms with E-state index in [9.17, 15) is 4.79 Å². The van der Waals surface area contributed by atoms with Gasteiger partial charge in [0.2, 0.25) is 0 Å². The number of aromatic nitrogens is 2. The fraction of sp³-hybridized carbons (Fsp3) is 0.600. The van der Waals surface area contributed by atoms with E-state index in [0.29, 0.717) is 12.2 Å². The van der Waals surface area contributed by atoms with Gasteiger partial charge < -0.3 is 10.6 Å². The Bertz CT molecular complexity index is 338. The number of likely N-dealkylation sites (N-methyl/N-ethyl adjacent to an activating group) is 1. The first-order valence-corrected chi connectivity index (χ1v) is 5.14. The molecule has 5 nitrogen and oxygen atoms in total. The average molecular weight is 247 g/mol. The number of nitrogens with zero attached hydrogens (tertiary/aromatic N) is 2. The molecule has 0 atom stereocenters. The van der Waals surface area contributed by atoms with Crippen LogP contribution in [0.25, 0.3) is 0 Å². The van der Waals surface area contributed by atoms with E-state index in [1.54, 1.807) is 17.8 Å². The van der Waals surface area contributed by atoms with Crippen molar-refractivity contribution in [3.8, 4) is 0 Å². The van der Waals surface area contributed by atoms with Gasteiger partial charge in [0.1, 0.15) is 5.69 Å². The third-order valence-electron chi connectivity index (χ3n) is 2.07. The van der Waals surface area contributed by atoms with Crippen LogP contribution in [0.1, 0.15) is 23.1 Å². The molecule has 0 aromatic carbocycles. The van der Waals surface area contributed by atoms with Gasteiger partial charge in [-0.3, -0.25) is 9.48 Å². The quantitative estimate of drug-likeness (QED) is 0.744. The summed E-state index contributed by atoms with van der Waals surface area (Å²) in [5.41, 5.74) is 1.46. The number of rotatable bonds is 5. The molecule has 1 aromatic heterocycles. The maximum absolute atomic E-state index is 11.6. The molecule has 0 radical (unpaired) electrons. The number of carbonyl (C=O) groups is 1. The highest BCUT2D eigenvalue weighted by atomic mass is 35.5. The molecule has 1 aromatic rings. The molecule has 0 aliphatic carbocycles. The average Bonchev–Trinajstić information content (AvgIpc) is 2.52. The van der Waals surface area contributed by atoms with Crippen LogP contribution in [-0.2, 0) is 7.05 Å². The summed E-state index contributed by atoms with van der Waals surface area (Å²) in [6.45, 7) is 6.25. The van der Waals surface area contributed by atoms with Crippen molar-refractivity contribution >= 4 is 18.3 Å². The number of carbonyl (C=O) groups excluding carboxylic acids is 1. The molecule has 2 N–H and O–H groups in total. The Labute approximate surface area is 102 Å². The van der Waals surface area contributed by atoms with Crippen LogP contribution >= 0.6 is 12.4 Å². The minimum absolute atomic E-state index is 0. The van der Waals surface area contributed by atoms with Crippen LogP contribution in [0.4, 0.5) is 0 Å². The summed E-state index contributed by atoms with van der Waals surface area (Å²) in [5.74, 6) is -0.0731. The van der Waals surface area contributed by atoms with Crippen molar-refractivity contribution in [2.24, 2.45) is 7.05 Å². The van der Waals surface area contributed by atoms with E-state index in [-0.39, 0.29) is 18.3 Å². The molecular weight excluding hydrogens is 228 g/mol. The van der Waals surface area contributed by atoms with Crippen molar-refractivity contribution in [1.82, 2.24) is 20.4 Å². The van der Waals surface area contributed by atoms with Crippen LogP contribution in [0.3, 0.4) is 0 Å².